The lowest BCUT2D eigenvalue weighted by atomic mass is 9.84. The molecule has 0 saturated carbocycles. The molecule has 1 fully saturated rings. The van der Waals surface area contributed by atoms with Crippen molar-refractivity contribution in [2.24, 2.45) is 5.92 Å². The van der Waals surface area contributed by atoms with Gasteiger partial charge in [-0.3, -0.25) is 0 Å². The molecule has 1 atom stereocenters. The van der Waals surface area contributed by atoms with Gasteiger partial charge in [-0.15, -0.1) is 0 Å². The Kier molecular flexibility index (Phi) is 5.99. The molecule has 1 aliphatic rings. The Labute approximate surface area is 121 Å². The van der Waals surface area contributed by atoms with E-state index in [0.717, 1.165) is 44.6 Å². The van der Waals surface area contributed by atoms with Crippen LogP contribution >= 0.6 is 0 Å². The minimum absolute atomic E-state index is 0.0740. The summed E-state index contributed by atoms with van der Waals surface area (Å²) in [5.74, 6) is 0.833. The molecule has 2 nitrogen and oxygen atoms in total. The fourth-order valence-electron chi connectivity index (χ4n) is 2.89. The number of rotatable bonds is 6. The van der Waals surface area contributed by atoms with Crippen molar-refractivity contribution in [3.63, 3.8) is 0 Å². The predicted octanol–water partition coefficient (Wildman–Crippen LogP) is 3.72. The van der Waals surface area contributed by atoms with Gasteiger partial charge in [-0.2, -0.15) is 0 Å². The second-order valence-corrected chi connectivity index (χ2v) is 6.07. The van der Waals surface area contributed by atoms with E-state index in [1.54, 1.807) is 12.1 Å². The van der Waals surface area contributed by atoms with Crippen LogP contribution in [0.4, 0.5) is 4.39 Å². The molecular weight excluding hydrogens is 253 g/mol. The van der Waals surface area contributed by atoms with Gasteiger partial charge in [0.05, 0.1) is 0 Å². The van der Waals surface area contributed by atoms with Gasteiger partial charge in [0.15, 0.2) is 0 Å². The van der Waals surface area contributed by atoms with Gasteiger partial charge in [0.2, 0.25) is 0 Å². The van der Waals surface area contributed by atoms with Crippen molar-refractivity contribution >= 4 is 0 Å². The molecule has 0 radical (unpaired) electrons. The standard InChI is InChI=1S/C17H26FNO/c1-13(2)19-12-15(11-14-7-9-20-10-8-14)16-5-3-4-6-17(16)18/h3-6,13-15,19H,7-12H2,1-2H3. The first kappa shape index (κ1) is 15.5. The van der Waals surface area contributed by atoms with E-state index in [0.29, 0.717) is 12.0 Å². The average Bonchev–Trinajstić information content (AvgIpc) is 2.45. The Balaban J connectivity index is 2.05. The highest BCUT2D eigenvalue weighted by Crippen LogP contribution is 2.30. The van der Waals surface area contributed by atoms with Crippen LogP contribution in [0.25, 0.3) is 0 Å². The van der Waals surface area contributed by atoms with Crippen LogP contribution in [0.3, 0.4) is 0 Å². The molecule has 2 rings (SSSR count). The summed E-state index contributed by atoms with van der Waals surface area (Å²) in [6.07, 6.45) is 3.25. The summed E-state index contributed by atoms with van der Waals surface area (Å²) in [4.78, 5) is 0. The molecule has 1 saturated heterocycles. The predicted molar refractivity (Wildman–Crippen MR) is 80.4 cm³/mol. The SMILES string of the molecule is CC(C)NCC(CC1CCOCC1)c1ccccc1F. The maximum Gasteiger partial charge on any atom is 0.126 e. The summed E-state index contributed by atoms with van der Waals surface area (Å²) in [7, 11) is 0. The molecule has 1 unspecified atom stereocenters. The van der Waals surface area contributed by atoms with E-state index in [-0.39, 0.29) is 11.7 Å². The molecule has 112 valence electrons. The first-order valence-electron chi connectivity index (χ1n) is 7.72. The molecular formula is C17H26FNO. The van der Waals surface area contributed by atoms with E-state index < -0.39 is 0 Å². The second-order valence-electron chi connectivity index (χ2n) is 6.07. The molecule has 0 aliphatic carbocycles. The monoisotopic (exact) mass is 279 g/mol. The van der Waals surface area contributed by atoms with Gasteiger partial charge in [-0.1, -0.05) is 32.0 Å². The third kappa shape index (κ3) is 4.57. The number of benzene rings is 1. The van der Waals surface area contributed by atoms with Crippen LogP contribution in [0.15, 0.2) is 24.3 Å². The van der Waals surface area contributed by atoms with Crippen LogP contribution in [-0.2, 0) is 4.74 Å². The van der Waals surface area contributed by atoms with Crippen LogP contribution in [0.2, 0.25) is 0 Å². The summed E-state index contributed by atoms with van der Waals surface area (Å²) < 4.78 is 19.5. The maximum atomic E-state index is 14.1. The largest absolute Gasteiger partial charge is 0.381 e. The Morgan fingerprint density at radius 3 is 2.60 bits per heavy atom. The molecule has 1 N–H and O–H groups in total. The molecule has 1 aliphatic heterocycles. The van der Waals surface area contributed by atoms with Gasteiger partial charge in [-0.05, 0) is 42.7 Å². The summed E-state index contributed by atoms with van der Waals surface area (Å²) >= 11 is 0. The van der Waals surface area contributed by atoms with Crippen molar-refractivity contribution in [3.05, 3.63) is 35.6 Å². The Bertz CT molecular complexity index is 402. The molecule has 1 aromatic carbocycles. The second kappa shape index (κ2) is 7.75. The minimum atomic E-state index is -0.0740. The molecule has 0 bridgehead atoms. The third-order valence-electron chi connectivity index (χ3n) is 4.08. The lowest BCUT2D eigenvalue weighted by molar-refractivity contribution is 0.0614. The van der Waals surface area contributed by atoms with Gasteiger partial charge >= 0.3 is 0 Å². The summed E-state index contributed by atoms with van der Waals surface area (Å²) in [6.45, 7) is 6.81. The van der Waals surface area contributed by atoms with Crippen molar-refractivity contribution in [3.8, 4) is 0 Å². The van der Waals surface area contributed by atoms with E-state index >= 15 is 0 Å². The highest BCUT2D eigenvalue weighted by molar-refractivity contribution is 5.22. The minimum Gasteiger partial charge on any atom is -0.381 e. The highest BCUT2D eigenvalue weighted by atomic mass is 19.1. The van der Waals surface area contributed by atoms with E-state index in [9.17, 15) is 4.39 Å². The molecule has 20 heavy (non-hydrogen) atoms. The fourth-order valence-corrected chi connectivity index (χ4v) is 2.89. The summed E-state index contributed by atoms with van der Waals surface area (Å²) in [6, 6.07) is 7.63. The van der Waals surface area contributed by atoms with E-state index in [1.807, 2.05) is 12.1 Å². The van der Waals surface area contributed by atoms with Gasteiger partial charge in [0.1, 0.15) is 5.82 Å². The smallest absolute Gasteiger partial charge is 0.126 e. The van der Waals surface area contributed by atoms with Crippen molar-refractivity contribution in [1.29, 1.82) is 0 Å². The van der Waals surface area contributed by atoms with Crippen LogP contribution in [-0.4, -0.2) is 25.8 Å². The highest BCUT2D eigenvalue weighted by Gasteiger charge is 2.22. The Morgan fingerprint density at radius 1 is 1.25 bits per heavy atom. The van der Waals surface area contributed by atoms with Gasteiger partial charge in [0, 0.05) is 25.8 Å². The lowest BCUT2D eigenvalue weighted by Crippen LogP contribution is -2.30. The number of ether oxygens (including phenoxy) is 1. The quantitative estimate of drug-likeness (QED) is 0.857. The summed E-state index contributed by atoms with van der Waals surface area (Å²) in [5, 5.41) is 3.46. The number of halogens is 1. The zero-order valence-corrected chi connectivity index (χ0v) is 12.6. The Hall–Kier alpha value is -0.930. The van der Waals surface area contributed by atoms with Gasteiger partial charge in [0.25, 0.3) is 0 Å². The van der Waals surface area contributed by atoms with E-state index in [2.05, 4.69) is 19.2 Å². The van der Waals surface area contributed by atoms with Crippen LogP contribution in [0.1, 0.15) is 44.6 Å². The molecule has 0 aromatic heterocycles. The first-order chi connectivity index (χ1) is 9.66. The lowest BCUT2D eigenvalue weighted by Gasteiger charge is -2.28. The van der Waals surface area contributed by atoms with Crippen LogP contribution in [0, 0.1) is 11.7 Å². The topological polar surface area (TPSA) is 21.3 Å². The normalized spacial score (nSPS) is 18.4. The summed E-state index contributed by atoms with van der Waals surface area (Å²) in [5.41, 5.74) is 0.854. The fraction of sp³-hybridized carbons (Fsp3) is 0.647. The van der Waals surface area contributed by atoms with Gasteiger partial charge < -0.3 is 10.1 Å². The molecule has 1 heterocycles. The van der Waals surface area contributed by atoms with Crippen LogP contribution in [0.5, 0.6) is 0 Å². The van der Waals surface area contributed by atoms with Crippen molar-refractivity contribution in [2.75, 3.05) is 19.8 Å². The number of nitrogens with one attached hydrogen (secondary N) is 1. The van der Waals surface area contributed by atoms with Crippen molar-refractivity contribution in [1.82, 2.24) is 5.32 Å². The van der Waals surface area contributed by atoms with Crippen LogP contribution < -0.4 is 5.32 Å². The molecule has 0 spiro atoms. The first-order valence-corrected chi connectivity index (χ1v) is 7.72. The third-order valence-corrected chi connectivity index (χ3v) is 4.08. The zero-order chi connectivity index (χ0) is 14.4. The number of hydrogen-bond donors (Lipinski definition) is 1. The van der Waals surface area contributed by atoms with Crippen molar-refractivity contribution in [2.45, 2.75) is 45.1 Å². The maximum absolute atomic E-state index is 14.1. The zero-order valence-electron chi connectivity index (χ0n) is 12.6. The number of hydrogen-bond acceptors (Lipinski definition) is 2. The molecule has 3 heteroatoms. The van der Waals surface area contributed by atoms with Crippen molar-refractivity contribution < 1.29 is 9.13 Å². The molecule has 1 aromatic rings. The van der Waals surface area contributed by atoms with Gasteiger partial charge in [-0.25, -0.2) is 4.39 Å². The Morgan fingerprint density at radius 2 is 1.95 bits per heavy atom. The average molecular weight is 279 g/mol. The molecule has 0 amide bonds. The van der Waals surface area contributed by atoms with E-state index in [4.69, 9.17) is 4.74 Å². The van der Waals surface area contributed by atoms with E-state index in [1.165, 1.54) is 0 Å².